The second kappa shape index (κ2) is 5.05. The van der Waals surface area contributed by atoms with Crippen LogP contribution >= 0.6 is 0 Å². The van der Waals surface area contributed by atoms with E-state index >= 15 is 0 Å². The van der Waals surface area contributed by atoms with Gasteiger partial charge in [-0.25, -0.2) is 4.98 Å². The number of nitrogens with two attached hydrogens (primary N) is 1. The number of pyridine rings is 1. The van der Waals surface area contributed by atoms with Gasteiger partial charge in [-0.1, -0.05) is 6.07 Å². The van der Waals surface area contributed by atoms with Gasteiger partial charge in [0.15, 0.2) is 0 Å². The summed E-state index contributed by atoms with van der Waals surface area (Å²) in [4.78, 5) is 6.94. The number of anilines is 1. The highest BCUT2D eigenvalue weighted by Crippen LogP contribution is 2.31. The third-order valence-corrected chi connectivity index (χ3v) is 3.37. The van der Waals surface area contributed by atoms with Gasteiger partial charge in [-0.15, -0.1) is 0 Å². The summed E-state index contributed by atoms with van der Waals surface area (Å²) in [5.41, 5.74) is 6.94. The first-order chi connectivity index (χ1) is 8.08. The smallest absolute Gasteiger partial charge is 0.128 e. The fourth-order valence-corrected chi connectivity index (χ4v) is 1.98. The van der Waals surface area contributed by atoms with Gasteiger partial charge in [-0.2, -0.15) is 0 Å². The van der Waals surface area contributed by atoms with Crippen molar-refractivity contribution in [3.05, 3.63) is 23.9 Å². The summed E-state index contributed by atoms with van der Waals surface area (Å²) in [5.74, 6) is 1.96. The van der Waals surface area contributed by atoms with Gasteiger partial charge in [0.05, 0.1) is 0 Å². The van der Waals surface area contributed by atoms with Crippen LogP contribution in [-0.4, -0.2) is 17.6 Å². The Balaban J connectivity index is 2.11. The third-order valence-electron chi connectivity index (χ3n) is 3.37. The highest BCUT2D eigenvalue weighted by Gasteiger charge is 2.26. The standard InChI is InChI=1S/C14H23N3/c1-10(2)17(9-12-4-5-12)14-7-6-13(8-16-14)11(3)15/h6-8,10-12H,4-5,9,15H2,1-3H3. The lowest BCUT2D eigenvalue weighted by atomic mass is 10.1. The van der Waals surface area contributed by atoms with Crippen molar-refractivity contribution in [3.8, 4) is 0 Å². The minimum atomic E-state index is 0.0625. The van der Waals surface area contributed by atoms with Gasteiger partial charge in [0.1, 0.15) is 5.82 Å². The van der Waals surface area contributed by atoms with E-state index in [-0.39, 0.29) is 6.04 Å². The SMILES string of the molecule is CC(N)c1ccc(N(CC2CC2)C(C)C)nc1. The molecule has 1 saturated carbocycles. The summed E-state index contributed by atoms with van der Waals surface area (Å²) >= 11 is 0. The van der Waals surface area contributed by atoms with Crippen molar-refractivity contribution < 1.29 is 0 Å². The summed E-state index contributed by atoms with van der Waals surface area (Å²) < 4.78 is 0. The van der Waals surface area contributed by atoms with Gasteiger partial charge >= 0.3 is 0 Å². The molecule has 1 fully saturated rings. The number of rotatable bonds is 5. The van der Waals surface area contributed by atoms with E-state index in [9.17, 15) is 0 Å². The van der Waals surface area contributed by atoms with E-state index in [1.807, 2.05) is 13.1 Å². The maximum absolute atomic E-state index is 5.84. The molecule has 1 aliphatic rings. The quantitative estimate of drug-likeness (QED) is 0.850. The van der Waals surface area contributed by atoms with Crippen LogP contribution in [0, 0.1) is 5.92 Å². The molecule has 2 N–H and O–H groups in total. The Hall–Kier alpha value is -1.09. The van der Waals surface area contributed by atoms with E-state index in [1.54, 1.807) is 0 Å². The Morgan fingerprint density at radius 1 is 1.35 bits per heavy atom. The summed E-state index contributed by atoms with van der Waals surface area (Å²) in [5, 5.41) is 0. The highest BCUT2D eigenvalue weighted by atomic mass is 15.2. The molecule has 0 amide bonds. The normalized spacial score (nSPS) is 17.2. The van der Waals surface area contributed by atoms with Gasteiger partial charge in [0.2, 0.25) is 0 Å². The third kappa shape index (κ3) is 3.19. The Bertz CT molecular complexity index is 352. The zero-order valence-corrected chi connectivity index (χ0v) is 11.1. The molecule has 1 atom stereocenters. The lowest BCUT2D eigenvalue weighted by Gasteiger charge is -2.28. The minimum Gasteiger partial charge on any atom is -0.354 e. The molecule has 0 aliphatic heterocycles. The van der Waals surface area contributed by atoms with Gasteiger partial charge in [0.25, 0.3) is 0 Å². The van der Waals surface area contributed by atoms with Crippen molar-refractivity contribution in [2.75, 3.05) is 11.4 Å². The lowest BCUT2D eigenvalue weighted by molar-refractivity contribution is 0.636. The average Bonchev–Trinajstić information content (AvgIpc) is 3.09. The molecule has 3 nitrogen and oxygen atoms in total. The van der Waals surface area contributed by atoms with Crippen LogP contribution in [-0.2, 0) is 0 Å². The van der Waals surface area contributed by atoms with Gasteiger partial charge < -0.3 is 10.6 Å². The van der Waals surface area contributed by atoms with E-state index < -0.39 is 0 Å². The Kier molecular flexibility index (Phi) is 3.67. The molecule has 0 aromatic carbocycles. The fraction of sp³-hybridized carbons (Fsp3) is 0.643. The molecule has 1 heterocycles. The van der Waals surface area contributed by atoms with Gasteiger partial charge in [-0.05, 0) is 51.2 Å². The molecule has 2 rings (SSSR count). The van der Waals surface area contributed by atoms with Crippen LogP contribution in [0.3, 0.4) is 0 Å². The first kappa shape index (κ1) is 12.4. The van der Waals surface area contributed by atoms with E-state index in [2.05, 4.69) is 35.9 Å². The van der Waals surface area contributed by atoms with Crippen LogP contribution in [0.25, 0.3) is 0 Å². The monoisotopic (exact) mass is 233 g/mol. The Morgan fingerprint density at radius 2 is 2.06 bits per heavy atom. The molecule has 0 bridgehead atoms. The van der Waals surface area contributed by atoms with Crippen LogP contribution < -0.4 is 10.6 Å². The zero-order chi connectivity index (χ0) is 12.4. The van der Waals surface area contributed by atoms with Crippen molar-refractivity contribution >= 4 is 5.82 Å². The molecule has 1 aromatic heterocycles. The highest BCUT2D eigenvalue weighted by molar-refractivity contribution is 5.41. The predicted octanol–water partition coefficient (Wildman–Crippen LogP) is 2.73. The van der Waals surface area contributed by atoms with Crippen LogP contribution in [0.15, 0.2) is 18.3 Å². The molecule has 0 saturated heterocycles. The predicted molar refractivity (Wildman–Crippen MR) is 72.0 cm³/mol. The van der Waals surface area contributed by atoms with E-state index in [4.69, 9.17) is 5.73 Å². The Morgan fingerprint density at radius 3 is 2.47 bits per heavy atom. The summed E-state index contributed by atoms with van der Waals surface area (Å²) in [7, 11) is 0. The molecule has 1 aliphatic carbocycles. The van der Waals surface area contributed by atoms with Gasteiger partial charge in [-0.3, -0.25) is 0 Å². The molecule has 0 spiro atoms. The maximum atomic E-state index is 5.84. The molecule has 1 aromatic rings. The zero-order valence-electron chi connectivity index (χ0n) is 11.1. The van der Waals surface area contributed by atoms with E-state index in [1.165, 1.54) is 12.8 Å². The average molecular weight is 233 g/mol. The van der Waals surface area contributed by atoms with E-state index in [0.29, 0.717) is 6.04 Å². The second-order valence-corrected chi connectivity index (χ2v) is 5.43. The summed E-state index contributed by atoms with van der Waals surface area (Å²) in [6, 6.07) is 4.76. The molecule has 3 heteroatoms. The number of hydrogen-bond acceptors (Lipinski definition) is 3. The first-order valence-corrected chi connectivity index (χ1v) is 6.56. The van der Waals surface area contributed by atoms with Crippen LogP contribution in [0.1, 0.15) is 45.2 Å². The summed E-state index contributed by atoms with van der Waals surface area (Å²) in [6.45, 7) is 7.58. The number of nitrogens with zero attached hydrogens (tertiary/aromatic N) is 2. The van der Waals surface area contributed by atoms with Crippen LogP contribution in [0.4, 0.5) is 5.82 Å². The van der Waals surface area contributed by atoms with Crippen molar-refractivity contribution in [1.82, 2.24) is 4.98 Å². The molecule has 0 radical (unpaired) electrons. The van der Waals surface area contributed by atoms with Crippen LogP contribution in [0.5, 0.6) is 0 Å². The minimum absolute atomic E-state index is 0.0625. The van der Waals surface area contributed by atoms with Crippen molar-refractivity contribution in [1.29, 1.82) is 0 Å². The fourth-order valence-electron chi connectivity index (χ4n) is 1.98. The summed E-state index contributed by atoms with van der Waals surface area (Å²) in [6.07, 6.45) is 4.66. The molecule has 94 valence electrons. The van der Waals surface area contributed by atoms with Crippen molar-refractivity contribution in [2.45, 2.75) is 45.7 Å². The first-order valence-electron chi connectivity index (χ1n) is 6.56. The molecular weight excluding hydrogens is 210 g/mol. The number of hydrogen-bond donors (Lipinski definition) is 1. The van der Waals surface area contributed by atoms with Crippen LogP contribution in [0.2, 0.25) is 0 Å². The van der Waals surface area contributed by atoms with Crippen molar-refractivity contribution in [2.24, 2.45) is 11.7 Å². The van der Waals surface area contributed by atoms with Gasteiger partial charge in [0, 0.05) is 24.8 Å². The second-order valence-electron chi connectivity index (χ2n) is 5.43. The maximum Gasteiger partial charge on any atom is 0.128 e. The molecule has 1 unspecified atom stereocenters. The lowest BCUT2D eigenvalue weighted by Crippen LogP contribution is -2.33. The largest absolute Gasteiger partial charge is 0.354 e. The topological polar surface area (TPSA) is 42.1 Å². The number of aromatic nitrogens is 1. The van der Waals surface area contributed by atoms with E-state index in [0.717, 1.165) is 23.8 Å². The molecular formula is C14H23N3. The Labute approximate surface area is 104 Å². The molecule has 17 heavy (non-hydrogen) atoms. The van der Waals surface area contributed by atoms with Crippen molar-refractivity contribution in [3.63, 3.8) is 0 Å².